The van der Waals surface area contributed by atoms with Crippen LogP contribution in [0, 0.1) is 0 Å². The number of carbonyl (C=O) groups excluding carboxylic acids is 3. The number of barbiturate groups is 1. The Balaban J connectivity index is 1.69. The molecule has 0 bridgehead atoms. The highest BCUT2D eigenvalue weighted by Crippen LogP contribution is 2.30. The molecule has 2 heterocycles. The largest absolute Gasteiger partial charge is 0.457 e. The van der Waals surface area contributed by atoms with Gasteiger partial charge in [-0.25, -0.2) is 9.69 Å². The van der Waals surface area contributed by atoms with E-state index in [4.69, 9.17) is 16.0 Å². The average Bonchev–Trinajstić information content (AvgIpc) is 3.15. The predicted octanol–water partition coefficient (Wildman–Crippen LogP) is 4.27. The minimum atomic E-state index is -0.797. The van der Waals surface area contributed by atoms with Gasteiger partial charge in [0.2, 0.25) is 0 Å². The molecule has 7 heteroatoms. The number of amides is 4. The summed E-state index contributed by atoms with van der Waals surface area (Å²) in [6.45, 7) is 0. The number of para-hydroxylation sites is 1. The van der Waals surface area contributed by atoms with E-state index >= 15 is 0 Å². The molecule has 1 aliphatic heterocycles. The molecular formula is C21H13ClN2O4. The number of nitrogens with one attached hydrogen (secondary N) is 1. The fourth-order valence-electron chi connectivity index (χ4n) is 2.85. The number of imide groups is 2. The van der Waals surface area contributed by atoms with Gasteiger partial charge >= 0.3 is 6.03 Å². The molecule has 1 saturated heterocycles. The summed E-state index contributed by atoms with van der Waals surface area (Å²) in [6, 6.07) is 18.0. The van der Waals surface area contributed by atoms with Crippen LogP contribution in [0.15, 0.2) is 76.7 Å². The third kappa shape index (κ3) is 3.21. The van der Waals surface area contributed by atoms with Crippen LogP contribution in [0.5, 0.6) is 0 Å². The van der Waals surface area contributed by atoms with Crippen molar-refractivity contribution in [2.24, 2.45) is 0 Å². The van der Waals surface area contributed by atoms with Gasteiger partial charge in [0, 0.05) is 5.56 Å². The van der Waals surface area contributed by atoms with Crippen molar-refractivity contribution < 1.29 is 18.8 Å². The van der Waals surface area contributed by atoms with Gasteiger partial charge in [0.15, 0.2) is 0 Å². The minimum Gasteiger partial charge on any atom is -0.457 e. The topological polar surface area (TPSA) is 79.6 Å². The molecule has 0 radical (unpaired) electrons. The summed E-state index contributed by atoms with van der Waals surface area (Å²) in [7, 11) is 0. The van der Waals surface area contributed by atoms with Crippen molar-refractivity contribution in [3.05, 3.63) is 83.1 Å². The van der Waals surface area contributed by atoms with Gasteiger partial charge in [0.1, 0.15) is 17.1 Å². The Hall–Kier alpha value is -3.64. The van der Waals surface area contributed by atoms with E-state index < -0.39 is 17.8 Å². The van der Waals surface area contributed by atoms with Crippen molar-refractivity contribution in [2.75, 3.05) is 4.90 Å². The first-order valence-electron chi connectivity index (χ1n) is 8.36. The van der Waals surface area contributed by atoms with Crippen LogP contribution in [0.1, 0.15) is 5.76 Å². The summed E-state index contributed by atoms with van der Waals surface area (Å²) in [5.74, 6) is -0.721. The molecule has 138 valence electrons. The van der Waals surface area contributed by atoms with E-state index in [0.29, 0.717) is 22.0 Å². The highest BCUT2D eigenvalue weighted by molar-refractivity contribution is 6.39. The maximum atomic E-state index is 12.8. The fraction of sp³-hybridized carbons (Fsp3) is 0. The van der Waals surface area contributed by atoms with Gasteiger partial charge in [-0.2, -0.15) is 0 Å². The summed E-state index contributed by atoms with van der Waals surface area (Å²) < 4.78 is 5.72. The zero-order chi connectivity index (χ0) is 19.7. The minimum absolute atomic E-state index is 0.205. The molecule has 1 fully saturated rings. The van der Waals surface area contributed by atoms with Crippen molar-refractivity contribution in [1.82, 2.24) is 5.32 Å². The maximum Gasteiger partial charge on any atom is 0.335 e. The molecule has 0 saturated carbocycles. The molecule has 1 aromatic heterocycles. The van der Waals surface area contributed by atoms with E-state index in [0.717, 1.165) is 4.90 Å². The fourth-order valence-corrected chi connectivity index (χ4v) is 3.08. The smallest absolute Gasteiger partial charge is 0.335 e. The van der Waals surface area contributed by atoms with Crippen LogP contribution in [0.4, 0.5) is 10.5 Å². The SMILES string of the molecule is O=C1NC(=O)N(c2ccccc2)C(=O)C1=Cc1ccc(-c2ccccc2Cl)o1. The van der Waals surface area contributed by atoms with E-state index in [9.17, 15) is 14.4 Å². The first kappa shape index (κ1) is 17.8. The average molecular weight is 393 g/mol. The second kappa shape index (κ2) is 7.17. The molecule has 0 aliphatic carbocycles. The van der Waals surface area contributed by atoms with Gasteiger partial charge in [0.05, 0.1) is 10.7 Å². The van der Waals surface area contributed by atoms with Gasteiger partial charge in [-0.1, -0.05) is 41.9 Å². The second-order valence-corrected chi connectivity index (χ2v) is 6.38. The van der Waals surface area contributed by atoms with Crippen molar-refractivity contribution >= 4 is 41.2 Å². The van der Waals surface area contributed by atoms with Crippen LogP contribution in [-0.2, 0) is 9.59 Å². The van der Waals surface area contributed by atoms with Gasteiger partial charge < -0.3 is 4.42 Å². The van der Waals surface area contributed by atoms with E-state index in [1.54, 1.807) is 60.7 Å². The number of anilines is 1. The van der Waals surface area contributed by atoms with Crippen LogP contribution >= 0.6 is 11.6 Å². The Morgan fingerprint density at radius 1 is 0.893 bits per heavy atom. The number of hydrogen-bond acceptors (Lipinski definition) is 4. The Labute approximate surface area is 165 Å². The molecule has 0 atom stereocenters. The normalized spacial score (nSPS) is 15.8. The van der Waals surface area contributed by atoms with Gasteiger partial charge in [-0.05, 0) is 42.5 Å². The molecule has 4 rings (SSSR count). The highest BCUT2D eigenvalue weighted by Gasteiger charge is 2.36. The zero-order valence-corrected chi connectivity index (χ0v) is 15.1. The van der Waals surface area contributed by atoms with Crippen LogP contribution in [0.25, 0.3) is 17.4 Å². The molecule has 2 aromatic carbocycles. The summed E-state index contributed by atoms with van der Waals surface area (Å²) in [4.78, 5) is 38.1. The van der Waals surface area contributed by atoms with Crippen molar-refractivity contribution in [3.8, 4) is 11.3 Å². The van der Waals surface area contributed by atoms with Crippen molar-refractivity contribution in [3.63, 3.8) is 0 Å². The first-order valence-corrected chi connectivity index (χ1v) is 8.73. The zero-order valence-electron chi connectivity index (χ0n) is 14.4. The summed E-state index contributed by atoms with van der Waals surface area (Å²) >= 11 is 6.17. The molecule has 1 aliphatic rings. The van der Waals surface area contributed by atoms with Crippen molar-refractivity contribution in [2.45, 2.75) is 0 Å². The number of urea groups is 1. The van der Waals surface area contributed by atoms with E-state index in [1.165, 1.54) is 6.08 Å². The van der Waals surface area contributed by atoms with Gasteiger partial charge in [-0.15, -0.1) is 0 Å². The lowest BCUT2D eigenvalue weighted by molar-refractivity contribution is -0.122. The van der Waals surface area contributed by atoms with Crippen LogP contribution in [0.3, 0.4) is 0 Å². The Kier molecular flexibility index (Phi) is 4.55. The molecule has 6 nitrogen and oxygen atoms in total. The Morgan fingerprint density at radius 2 is 1.61 bits per heavy atom. The van der Waals surface area contributed by atoms with Gasteiger partial charge in [0.25, 0.3) is 11.8 Å². The maximum absolute atomic E-state index is 12.8. The number of rotatable bonds is 3. The van der Waals surface area contributed by atoms with Crippen LogP contribution < -0.4 is 10.2 Å². The molecule has 3 aromatic rings. The van der Waals surface area contributed by atoms with Crippen LogP contribution in [-0.4, -0.2) is 17.8 Å². The second-order valence-electron chi connectivity index (χ2n) is 5.98. The molecule has 0 spiro atoms. The lowest BCUT2D eigenvalue weighted by Gasteiger charge is -2.26. The summed E-state index contributed by atoms with van der Waals surface area (Å²) in [6.07, 6.45) is 1.31. The summed E-state index contributed by atoms with van der Waals surface area (Å²) in [5, 5.41) is 2.69. The number of benzene rings is 2. The predicted molar refractivity (Wildman–Crippen MR) is 105 cm³/mol. The third-order valence-corrected chi connectivity index (χ3v) is 4.50. The third-order valence-electron chi connectivity index (χ3n) is 4.17. The number of carbonyl (C=O) groups is 3. The standard InChI is InChI=1S/C21H13ClN2O4/c22-17-9-5-4-8-15(17)18-11-10-14(28-18)12-16-19(25)23-21(27)24(20(16)26)13-6-2-1-3-7-13/h1-12H,(H,23,25,27). The van der Waals surface area contributed by atoms with Gasteiger partial charge in [-0.3, -0.25) is 14.9 Å². The number of hydrogen-bond donors (Lipinski definition) is 1. The summed E-state index contributed by atoms with van der Waals surface area (Å²) in [5.41, 5.74) is 0.845. The highest BCUT2D eigenvalue weighted by atomic mass is 35.5. The lowest BCUT2D eigenvalue weighted by Crippen LogP contribution is -2.54. The molecule has 4 amide bonds. The lowest BCUT2D eigenvalue weighted by atomic mass is 10.1. The molecule has 28 heavy (non-hydrogen) atoms. The number of halogens is 1. The number of nitrogens with zero attached hydrogens (tertiary/aromatic N) is 1. The molecule has 0 unspecified atom stereocenters. The number of furan rings is 1. The van der Waals surface area contributed by atoms with E-state index in [-0.39, 0.29) is 11.3 Å². The first-order chi connectivity index (χ1) is 13.5. The Bertz CT molecular complexity index is 1120. The van der Waals surface area contributed by atoms with E-state index in [1.807, 2.05) is 6.07 Å². The van der Waals surface area contributed by atoms with Crippen LogP contribution in [0.2, 0.25) is 5.02 Å². The van der Waals surface area contributed by atoms with E-state index in [2.05, 4.69) is 5.32 Å². The molecular weight excluding hydrogens is 380 g/mol. The monoisotopic (exact) mass is 392 g/mol. The Morgan fingerprint density at radius 3 is 2.36 bits per heavy atom. The molecule has 1 N–H and O–H groups in total. The quantitative estimate of drug-likeness (QED) is 0.533. The van der Waals surface area contributed by atoms with Crippen molar-refractivity contribution in [1.29, 1.82) is 0 Å².